The van der Waals surface area contributed by atoms with Gasteiger partial charge in [0.25, 0.3) is 11.6 Å². The lowest BCUT2D eigenvalue weighted by Gasteiger charge is -2.08. The van der Waals surface area contributed by atoms with Gasteiger partial charge in [0, 0.05) is 17.7 Å². The molecule has 6 nitrogen and oxygen atoms in total. The minimum atomic E-state index is -0.654. The van der Waals surface area contributed by atoms with Crippen LogP contribution in [0.2, 0.25) is 5.02 Å². The lowest BCUT2D eigenvalue weighted by Crippen LogP contribution is -2.28. The molecular weight excluding hydrogens is 270 g/mol. The third-order valence-electron chi connectivity index (χ3n) is 3.39. The summed E-state index contributed by atoms with van der Waals surface area (Å²) in [5.41, 5.74) is 5.25. The van der Waals surface area contributed by atoms with Gasteiger partial charge in [-0.25, -0.2) is 0 Å². The zero-order chi connectivity index (χ0) is 14.4. The summed E-state index contributed by atoms with van der Waals surface area (Å²) >= 11 is 5.81. The fourth-order valence-corrected chi connectivity index (χ4v) is 2.05. The fourth-order valence-electron chi connectivity index (χ4n) is 1.84. The topological polar surface area (TPSA) is 98.3 Å². The summed E-state index contributed by atoms with van der Waals surface area (Å²) in [6, 6.07) is 2.58. The van der Waals surface area contributed by atoms with Crippen LogP contribution in [0.3, 0.4) is 0 Å². The smallest absolute Gasteiger partial charge is 0.294 e. The molecule has 0 aromatic heterocycles. The molecule has 0 bridgehead atoms. The molecule has 1 aliphatic rings. The number of carbonyl (C=O) groups is 1. The standard InChI is InChI=1S/C12H14ClN3O3/c1-12(2)5-9(12)15-11(17)6-3-7(13)10(14)8(4-6)16(18)19/h3-4,9H,5,14H2,1-2H3,(H,15,17). The second-order valence-electron chi connectivity index (χ2n) is 5.37. The molecule has 102 valence electrons. The Balaban J connectivity index is 2.25. The van der Waals surface area contributed by atoms with Crippen LogP contribution in [0.5, 0.6) is 0 Å². The summed E-state index contributed by atoms with van der Waals surface area (Å²) in [5, 5.41) is 13.6. The number of benzene rings is 1. The van der Waals surface area contributed by atoms with Gasteiger partial charge in [0.05, 0.1) is 9.95 Å². The maximum absolute atomic E-state index is 12.0. The van der Waals surface area contributed by atoms with E-state index in [4.69, 9.17) is 17.3 Å². The van der Waals surface area contributed by atoms with Crippen molar-refractivity contribution in [2.45, 2.75) is 26.3 Å². The number of halogens is 1. The maximum Gasteiger partial charge on any atom is 0.294 e. The molecule has 1 unspecified atom stereocenters. The normalized spacial score (nSPS) is 19.8. The molecular formula is C12H14ClN3O3. The number of carbonyl (C=O) groups excluding carboxylic acids is 1. The third-order valence-corrected chi connectivity index (χ3v) is 3.70. The quantitative estimate of drug-likeness (QED) is 0.505. The van der Waals surface area contributed by atoms with E-state index in [0.29, 0.717) is 0 Å². The van der Waals surface area contributed by atoms with E-state index in [0.717, 1.165) is 12.5 Å². The molecule has 1 fully saturated rings. The molecule has 1 amide bonds. The van der Waals surface area contributed by atoms with E-state index in [9.17, 15) is 14.9 Å². The van der Waals surface area contributed by atoms with Crippen molar-refractivity contribution in [3.8, 4) is 0 Å². The summed E-state index contributed by atoms with van der Waals surface area (Å²) in [4.78, 5) is 22.2. The number of amides is 1. The van der Waals surface area contributed by atoms with Crippen LogP contribution in [0, 0.1) is 15.5 Å². The van der Waals surface area contributed by atoms with Gasteiger partial charge in [-0.3, -0.25) is 14.9 Å². The van der Waals surface area contributed by atoms with Crippen molar-refractivity contribution in [3.05, 3.63) is 32.8 Å². The Morgan fingerprint density at radius 2 is 2.16 bits per heavy atom. The predicted molar refractivity (Wildman–Crippen MR) is 72.2 cm³/mol. The average molecular weight is 284 g/mol. The number of nitrogens with zero attached hydrogens (tertiary/aromatic N) is 1. The maximum atomic E-state index is 12.0. The van der Waals surface area contributed by atoms with Crippen LogP contribution in [0.25, 0.3) is 0 Å². The Labute approximate surface area is 115 Å². The average Bonchev–Trinajstić information content (AvgIpc) is 2.89. The summed E-state index contributed by atoms with van der Waals surface area (Å²) in [7, 11) is 0. The van der Waals surface area contributed by atoms with E-state index in [2.05, 4.69) is 5.32 Å². The Kier molecular flexibility index (Phi) is 3.14. The van der Waals surface area contributed by atoms with Crippen molar-refractivity contribution in [3.63, 3.8) is 0 Å². The monoisotopic (exact) mass is 283 g/mol. The molecule has 1 saturated carbocycles. The summed E-state index contributed by atoms with van der Waals surface area (Å²) in [5.74, 6) is -0.374. The number of hydrogen-bond donors (Lipinski definition) is 2. The van der Waals surface area contributed by atoms with E-state index in [1.807, 2.05) is 13.8 Å². The molecule has 19 heavy (non-hydrogen) atoms. The van der Waals surface area contributed by atoms with Crippen molar-refractivity contribution in [2.75, 3.05) is 5.73 Å². The van der Waals surface area contributed by atoms with Crippen LogP contribution in [0.4, 0.5) is 11.4 Å². The zero-order valence-corrected chi connectivity index (χ0v) is 11.3. The van der Waals surface area contributed by atoms with E-state index >= 15 is 0 Å². The van der Waals surface area contributed by atoms with Gasteiger partial charge in [0.1, 0.15) is 5.69 Å². The molecule has 0 spiro atoms. The summed E-state index contributed by atoms with van der Waals surface area (Å²) < 4.78 is 0. The Bertz CT molecular complexity index is 572. The SMILES string of the molecule is CC1(C)CC1NC(=O)c1cc(Cl)c(N)c([N+](=O)[O-])c1. The van der Waals surface area contributed by atoms with Gasteiger partial charge in [-0.15, -0.1) is 0 Å². The largest absolute Gasteiger partial charge is 0.392 e. The van der Waals surface area contributed by atoms with Gasteiger partial charge in [-0.1, -0.05) is 25.4 Å². The van der Waals surface area contributed by atoms with Gasteiger partial charge < -0.3 is 11.1 Å². The number of anilines is 1. The number of hydrogen-bond acceptors (Lipinski definition) is 4. The van der Waals surface area contributed by atoms with Crippen molar-refractivity contribution in [2.24, 2.45) is 5.41 Å². The van der Waals surface area contributed by atoms with Crippen LogP contribution in [-0.2, 0) is 0 Å². The summed E-state index contributed by atoms with van der Waals surface area (Å²) in [6.45, 7) is 4.08. The molecule has 1 aromatic carbocycles. The van der Waals surface area contributed by atoms with Crippen LogP contribution in [0.15, 0.2) is 12.1 Å². The highest BCUT2D eigenvalue weighted by molar-refractivity contribution is 6.34. The number of nitrogens with one attached hydrogen (secondary N) is 1. The second kappa shape index (κ2) is 4.38. The second-order valence-corrected chi connectivity index (χ2v) is 5.77. The Hall–Kier alpha value is -1.82. The molecule has 0 saturated heterocycles. The molecule has 7 heteroatoms. The van der Waals surface area contributed by atoms with Crippen molar-refractivity contribution in [1.82, 2.24) is 5.32 Å². The van der Waals surface area contributed by atoms with Gasteiger partial charge in [0.15, 0.2) is 0 Å². The van der Waals surface area contributed by atoms with Crippen LogP contribution in [-0.4, -0.2) is 16.9 Å². The Morgan fingerprint density at radius 1 is 1.58 bits per heavy atom. The molecule has 0 aliphatic heterocycles. The predicted octanol–water partition coefficient (Wildman–Crippen LogP) is 2.36. The summed E-state index contributed by atoms with van der Waals surface area (Å²) in [6.07, 6.45) is 0.892. The van der Waals surface area contributed by atoms with Crippen molar-refractivity contribution >= 4 is 28.9 Å². The first-order chi connectivity index (χ1) is 8.72. The highest BCUT2D eigenvalue weighted by Gasteiger charge is 2.46. The van der Waals surface area contributed by atoms with Gasteiger partial charge in [0.2, 0.25) is 0 Å². The molecule has 3 N–H and O–H groups in total. The highest BCUT2D eigenvalue weighted by atomic mass is 35.5. The first-order valence-corrected chi connectivity index (χ1v) is 6.14. The van der Waals surface area contributed by atoms with E-state index < -0.39 is 4.92 Å². The first-order valence-electron chi connectivity index (χ1n) is 5.76. The molecule has 1 aliphatic carbocycles. The van der Waals surface area contributed by atoms with Crippen molar-refractivity contribution < 1.29 is 9.72 Å². The lowest BCUT2D eigenvalue weighted by molar-refractivity contribution is -0.383. The van der Waals surface area contributed by atoms with Gasteiger partial charge >= 0.3 is 0 Å². The first kappa shape index (κ1) is 13.6. The van der Waals surface area contributed by atoms with E-state index in [-0.39, 0.29) is 39.3 Å². The van der Waals surface area contributed by atoms with E-state index in [1.54, 1.807) is 0 Å². The van der Waals surface area contributed by atoms with Gasteiger partial charge in [-0.05, 0) is 17.9 Å². The number of nitro benzene ring substituents is 1. The van der Waals surface area contributed by atoms with Crippen LogP contribution < -0.4 is 11.1 Å². The molecule has 0 radical (unpaired) electrons. The van der Waals surface area contributed by atoms with Crippen molar-refractivity contribution in [1.29, 1.82) is 0 Å². The fraction of sp³-hybridized carbons (Fsp3) is 0.417. The zero-order valence-electron chi connectivity index (χ0n) is 10.6. The highest BCUT2D eigenvalue weighted by Crippen LogP contribution is 2.44. The Morgan fingerprint density at radius 3 is 2.63 bits per heavy atom. The minimum Gasteiger partial charge on any atom is -0.392 e. The number of nitrogens with two attached hydrogens (primary N) is 1. The molecule has 1 aromatic rings. The molecule has 0 heterocycles. The van der Waals surface area contributed by atoms with Gasteiger partial charge in [-0.2, -0.15) is 0 Å². The van der Waals surface area contributed by atoms with Crippen LogP contribution in [0.1, 0.15) is 30.6 Å². The third kappa shape index (κ3) is 2.63. The number of nitrogen functional groups attached to an aromatic ring is 1. The lowest BCUT2D eigenvalue weighted by atomic mass is 10.1. The van der Waals surface area contributed by atoms with E-state index in [1.165, 1.54) is 6.07 Å². The van der Waals surface area contributed by atoms with Crippen LogP contribution >= 0.6 is 11.6 Å². The molecule has 1 atom stereocenters. The molecule has 2 rings (SSSR count). The minimum absolute atomic E-state index is 0.00871. The number of nitro groups is 1. The number of rotatable bonds is 3.